The third-order valence-electron chi connectivity index (χ3n) is 6.15. The molecular formula is C27H27N5O2S. The van der Waals surface area contributed by atoms with E-state index < -0.39 is 0 Å². The molecule has 35 heavy (non-hydrogen) atoms. The number of aromatic nitrogens is 2. The van der Waals surface area contributed by atoms with Gasteiger partial charge in [0.05, 0.1) is 17.6 Å². The van der Waals surface area contributed by atoms with E-state index in [0.717, 1.165) is 34.8 Å². The van der Waals surface area contributed by atoms with E-state index in [-0.39, 0.29) is 18.4 Å². The van der Waals surface area contributed by atoms with E-state index >= 15 is 0 Å². The Morgan fingerprint density at radius 1 is 0.886 bits per heavy atom. The molecule has 0 atom stereocenters. The Morgan fingerprint density at radius 3 is 2.40 bits per heavy atom. The summed E-state index contributed by atoms with van der Waals surface area (Å²) in [5, 5.41) is 3.63. The molecule has 1 aliphatic rings. The summed E-state index contributed by atoms with van der Waals surface area (Å²) in [4.78, 5) is 37.6. The monoisotopic (exact) mass is 485 g/mol. The second kappa shape index (κ2) is 10.7. The Balaban J connectivity index is 1.14. The molecule has 0 bridgehead atoms. The van der Waals surface area contributed by atoms with Crippen LogP contribution in [-0.2, 0) is 10.5 Å². The SMILES string of the molecule is O=C(NCC(=O)N1CCN(c2ccccc2)CC1)c1ccccc1CSc1nc2ccccc2[nH]1. The Morgan fingerprint density at radius 2 is 1.60 bits per heavy atom. The van der Waals surface area contributed by atoms with Gasteiger partial charge in [-0.1, -0.05) is 60.3 Å². The van der Waals surface area contributed by atoms with Crippen molar-refractivity contribution >= 4 is 40.3 Å². The summed E-state index contributed by atoms with van der Waals surface area (Å²) in [7, 11) is 0. The van der Waals surface area contributed by atoms with Crippen molar-refractivity contribution in [2.24, 2.45) is 0 Å². The van der Waals surface area contributed by atoms with E-state index in [4.69, 9.17) is 0 Å². The number of nitrogens with one attached hydrogen (secondary N) is 2. The van der Waals surface area contributed by atoms with Gasteiger partial charge in [0.25, 0.3) is 5.91 Å². The first kappa shape index (κ1) is 23.0. The number of carbonyl (C=O) groups excluding carboxylic acids is 2. The lowest BCUT2D eigenvalue weighted by atomic mass is 10.1. The molecule has 2 N–H and O–H groups in total. The second-order valence-corrected chi connectivity index (χ2v) is 9.36. The fraction of sp³-hybridized carbons (Fsp3) is 0.222. The summed E-state index contributed by atoms with van der Waals surface area (Å²) in [6, 6.07) is 25.6. The van der Waals surface area contributed by atoms with Crippen LogP contribution in [-0.4, -0.2) is 59.4 Å². The second-order valence-electron chi connectivity index (χ2n) is 8.39. The Labute approximate surface area is 208 Å². The molecule has 2 amide bonds. The number of anilines is 1. The number of benzene rings is 3. The molecule has 1 aromatic heterocycles. The number of para-hydroxylation sites is 3. The van der Waals surface area contributed by atoms with E-state index in [1.807, 2.05) is 65.6 Å². The van der Waals surface area contributed by atoms with Crippen LogP contribution in [0.25, 0.3) is 11.0 Å². The molecule has 8 heteroatoms. The summed E-state index contributed by atoms with van der Waals surface area (Å²) in [6.45, 7) is 2.86. The number of carbonyl (C=O) groups is 2. The molecule has 0 aliphatic carbocycles. The molecular weight excluding hydrogens is 458 g/mol. The lowest BCUT2D eigenvalue weighted by Gasteiger charge is -2.36. The fourth-order valence-corrected chi connectivity index (χ4v) is 5.12. The van der Waals surface area contributed by atoms with Gasteiger partial charge in [0.1, 0.15) is 0 Å². The molecule has 7 nitrogen and oxygen atoms in total. The van der Waals surface area contributed by atoms with Crippen LogP contribution in [0.2, 0.25) is 0 Å². The smallest absolute Gasteiger partial charge is 0.252 e. The van der Waals surface area contributed by atoms with Gasteiger partial charge in [0.15, 0.2) is 5.16 Å². The number of aromatic amines is 1. The van der Waals surface area contributed by atoms with E-state index in [2.05, 4.69) is 32.3 Å². The van der Waals surface area contributed by atoms with Gasteiger partial charge < -0.3 is 20.1 Å². The maximum atomic E-state index is 12.9. The molecule has 0 spiro atoms. The van der Waals surface area contributed by atoms with Gasteiger partial charge in [-0.05, 0) is 35.9 Å². The van der Waals surface area contributed by atoms with Gasteiger partial charge in [0, 0.05) is 43.2 Å². The van der Waals surface area contributed by atoms with Gasteiger partial charge in [-0.15, -0.1) is 0 Å². The van der Waals surface area contributed by atoms with Crippen molar-refractivity contribution in [2.45, 2.75) is 10.9 Å². The van der Waals surface area contributed by atoms with Crippen molar-refractivity contribution in [2.75, 3.05) is 37.6 Å². The topological polar surface area (TPSA) is 81.3 Å². The number of rotatable bonds is 7. The predicted molar refractivity (Wildman–Crippen MR) is 140 cm³/mol. The zero-order valence-electron chi connectivity index (χ0n) is 19.3. The predicted octanol–water partition coefficient (Wildman–Crippen LogP) is 3.93. The van der Waals surface area contributed by atoms with E-state index in [1.54, 1.807) is 17.8 Å². The molecule has 0 saturated carbocycles. The molecule has 1 aliphatic heterocycles. The van der Waals surface area contributed by atoms with Crippen LogP contribution in [0.3, 0.4) is 0 Å². The lowest BCUT2D eigenvalue weighted by molar-refractivity contribution is -0.130. The van der Waals surface area contributed by atoms with Crippen LogP contribution in [0.5, 0.6) is 0 Å². The lowest BCUT2D eigenvalue weighted by Crippen LogP contribution is -2.51. The molecule has 0 radical (unpaired) electrons. The number of hydrogen-bond donors (Lipinski definition) is 2. The van der Waals surface area contributed by atoms with Crippen LogP contribution < -0.4 is 10.2 Å². The highest BCUT2D eigenvalue weighted by Crippen LogP contribution is 2.24. The summed E-state index contributed by atoms with van der Waals surface area (Å²) in [5.74, 6) is 0.306. The average molecular weight is 486 g/mol. The van der Waals surface area contributed by atoms with E-state index in [0.29, 0.717) is 24.4 Å². The highest BCUT2D eigenvalue weighted by molar-refractivity contribution is 7.98. The van der Waals surface area contributed by atoms with Gasteiger partial charge in [0.2, 0.25) is 5.91 Å². The molecule has 1 fully saturated rings. The normalized spacial score (nSPS) is 13.7. The standard InChI is InChI=1S/C27H27N5O2S/c33-25(32-16-14-31(15-17-32)21-9-2-1-3-10-21)18-28-26(34)22-11-5-4-8-20(22)19-35-27-29-23-12-6-7-13-24(23)30-27/h1-13H,14-19H2,(H,28,34)(H,29,30). The zero-order chi connectivity index (χ0) is 24.0. The van der Waals surface area contributed by atoms with Crippen LogP contribution in [0.15, 0.2) is 84.0 Å². The minimum atomic E-state index is -0.234. The van der Waals surface area contributed by atoms with Crippen molar-refractivity contribution in [3.05, 3.63) is 90.0 Å². The molecule has 5 rings (SSSR count). The number of hydrogen-bond acceptors (Lipinski definition) is 5. The third-order valence-corrected chi connectivity index (χ3v) is 7.07. The van der Waals surface area contributed by atoms with Crippen LogP contribution in [0.4, 0.5) is 5.69 Å². The summed E-state index contributed by atoms with van der Waals surface area (Å²) < 4.78 is 0. The molecule has 4 aromatic rings. The molecule has 3 aromatic carbocycles. The third kappa shape index (κ3) is 5.49. The van der Waals surface area contributed by atoms with Crippen molar-refractivity contribution in [1.29, 1.82) is 0 Å². The van der Waals surface area contributed by atoms with Gasteiger partial charge in [-0.25, -0.2) is 4.98 Å². The van der Waals surface area contributed by atoms with Gasteiger partial charge >= 0.3 is 0 Å². The van der Waals surface area contributed by atoms with Crippen LogP contribution in [0, 0.1) is 0 Å². The Bertz CT molecular complexity index is 1280. The quantitative estimate of drug-likeness (QED) is 0.388. The number of amides is 2. The number of H-pyrrole nitrogens is 1. The molecule has 178 valence electrons. The highest BCUT2D eigenvalue weighted by Gasteiger charge is 2.22. The minimum Gasteiger partial charge on any atom is -0.368 e. The first-order valence-electron chi connectivity index (χ1n) is 11.7. The number of piperazine rings is 1. The van der Waals surface area contributed by atoms with Gasteiger partial charge in [-0.2, -0.15) is 0 Å². The van der Waals surface area contributed by atoms with Crippen molar-refractivity contribution < 1.29 is 9.59 Å². The highest BCUT2D eigenvalue weighted by atomic mass is 32.2. The van der Waals surface area contributed by atoms with Crippen LogP contribution in [0.1, 0.15) is 15.9 Å². The average Bonchev–Trinajstić information content (AvgIpc) is 3.34. The Kier molecular flexibility index (Phi) is 6.99. The molecule has 1 saturated heterocycles. The first-order chi connectivity index (χ1) is 17.2. The number of nitrogens with zero attached hydrogens (tertiary/aromatic N) is 3. The van der Waals surface area contributed by atoms with E-state index in [9.17, 15) is 9.59 Å². The van der Waals surface area contributed by atoms with Gasteiger partial charge in [-0.3, -0.25) is 9.59 Å². The summed E-state index contributed by atoms with van der Waals surface area (Å²) in [5.41, 5.74) is 4.57. The molecule has 2 heterocycles. The van der Waals surface area contributed by atoms with Crippen LogP contribution >= 0.6 is 11.8 Å². The number of imidazole rings is 1. The van der Waals surface area contributed by atoms with E-state index in [1.165, 1.54) is 5.69 Å². The summed E-state index contributed by atoms with van der Waals surface area (Å²) >= 11 is 1.55. The number of thioether (sulfide) groups is 1. The Hall–Kier alpha value is -3.78. The molecule has 0 unspecified atom stereocenters. The first-order valence-corrected chi connectivity index (χ1v) is 12.7. The maximum absolute atomic E-state index is 12.9. The van der Waals surface area contributed by atoms with Crippen molar-refractivity contribution in [3.8, 4) is 0 Å². The number of fused-ring (bicyclic) bond motifs is 1. The zero-order valence-corrected chi connectivity index (χ0v) is 20.1. The summed E-state index contributed by atoms with van der Waals surface area (Å²) in [6.07, 6.45) is 0. The van der Waals surface area contributed by atoms with Crippen molar-refractivity contribution in [3.63, 3.8) is 0 Å². The minimum absolute atomic E-state index is 0.00474. The fourth-order valence-electron chi connectivity index (χ4n) is 4.23. The largest absolute Gasteiger partial charge is 0.368 e. The van der Waals surface area contributed by atoms with Crippen molar-refractivity contribution in [1.82, 2.24) is 20.2 Å². The maximum Gasteiger partial charge on any atom is 0.252 e.